The monoisotopic (exact) mass is 1220 g/mol. The first-order valence-corrected chi connectivity index (χ1v) is 32.2. The maximum Gasteiger partial charge on any atom is 0.664 e. The van der Waals surface area contributed by atoms with Crippen molar-refractivity contribution in [2.24, 2.45) is 5.92 Å². The Bertz CT molecular complexity index is 2970. The maximum absolute atomic E-state index is 17.6. The maximum atomic E-state index is 17.6. The Balaban J connectivity index is 0.987. The number of aryl methyl sites for hydroxylation is 2. The molecule has 0 spiro atoms. The van der Waals surface area contributed by atoms with Crippen LogP contribution in [0.1, 0.15) is 132 Å². The van der Waals surface area contributed by atoms with E-state index in [9.17, 15) is 41.7 Å². The van der Waals surface area contributed by atoms with Gasteiger partial charge in [0.05, 0.1) is 85.2 Å². The van der Waals surface area contributed by atoms with E-state index in [0.717, 1.165) is 64.6 Å². The number of hydroxylamine groups is 2. The van der Waals surface area contributed by atoms with Crippen molar-refractivity contribution in [3.05, 3.63) is 76.8 Å². The van der Waals surface area contributed by atoms with Crippen molar-refractivity contribution >= 4 is 64.7 Å². The van der Waals surface area contributed by atoms with Crippen LogP contribution in [0.4, 0.5) is 8.63 Å². The van der Waals surface area contributed by atoms with Crippen LogP contribution in [-0.2, 0) is 50.1 Å². The Labute approximate surface area is 507 Å². The molecule has 5 heterocycles. The zero-order valence-electron chi connectivity index (χ0n) is 52.1. The predicted octanol–water partition coefficient (Wildman–Crippen LogP) is 5.29. The van der Waals surface area contributed by atoms with Gasteiger partial charge in [0.2, 0.25) is 17.7 Å². The number of unbranched alkanes of at least 4 members (excludes halogenated alkanes) is 3. The van der Waals surface area contributed by atoms with Crippen LogP contribution in [0.2, 0.25) is 0 Å². The highest BCUT2D eigenvalue weighted by molar-refractivity contribution is 7.85. The molecule has 0 radical (unpaired) electrons. The summed E-state index contributed by atoms with van der Waals surface area (Å²) in [5, 5.41) is 9.25. The number of ether oxygens (including phenoxy) is 1. The third kappa shape index (κ3) is 21.0. The lowest BCUT2D eigenvalue weighted by molar-refractivity contribution is -0.870. The van der Waals surface area contributed by atoms with Gasteiger partial charge in [-0.05, 0) is 132 Å². The molecule has 2 fully saturated rings. The molecule has 25 heteroatoms. The summed E-state index contributed by atoms with van der Waals surface area (Å²) in [5.41, 5.74) is 4.51. The van der Waals surface area contributed by atoms with E-state index in [-0.39, 0.29) is 61.3 Å². The molecule has 0 bridgehead atoms. The van der Waals surface area contributed by atoms with Crippen LogP contribution < -0.4 is 25.5 Å². The molecule has 3 aliphatic rings. The minimum Gasteiger partial charge on any atom is -0.494 e. The van der Waals surface area contributed by atoms with Crippen LogP contribution in [0.25, 0.3) is 23.5 Å². The number of quaternary nitrogens is 3. The van der Waals surface area contributed by atoms with Crippen molar-refractivity contribution < 1.29 is 73.7 Å². The van der Waals surface area contributed by atoms with Crippen LogP contribution >= 0.6 is 0 Å². The fourth-order valence-electron chi connectivity index (χ4n) is 11.5. The van der Waals surface area contributed by atoms with Gasteiger partial charge in [-0.15, -0.1) is 5.06 Å². The van der Waals surface area contributed by atoms with Crippen molar-refractivity contribution in [2.45, 2.75) is 141 Å². The number of amides is 5. The second-order valence-corrected chi connectivity index (χ2v) is 27.1. The van der Waals surface area contributed by atoms with Crippen LogP contribution in [-0.4, -0.2) is 196 Å². The molecule has 0 aliphatic carbocycles. The zero-order chi connectivity index (χ0) is 63.0. The number of halogens is 2. The van der Waals surface area contributed by atoms with Gasteiger partial charge in [0.15, 0.2) is 0 Å². The Morgan fingerprint density at radius 2 is 1.57 bits per heavy atom. The highest BCUT2D eigenvalue weighted by Gasteiger charge is 2.57. The first-order chi connectivity index (χ1) is 40.5. The van der Waals surface area contributed by atoms with Gasteiger partial charge in [0.25, 0.3) is 21.9 Å². The number of hydrogen-bond donors (Lipinski definition) is 6. The number of aromatic nitrogens is 2. The van der Waals surface area contributed by atoms with Gasteiger partial charge in [-0.25, -0.2) is 4.79 Å². The number of fused-ring (bicyclic) bond motifs is 2. The van der Waals surface area contributed by atoms with Gasteiger partial charge in [-0.1, -0.05) is 31.6 Å². The van der Waals surface area contributed by atoms with Gasteiger partial charge in [-0.2, -0.15) is 8.42 Å². The summed E-state index contributed by atoms with van der Waals surface area (Å²) in [6.07, 6.45) is 12.6. The van der Waals surface area contributed by atoms with Crippen LogP contribution in [0, 0.1) is 12.8 Å². The fourth-order valence-corrected chi connectivity index (χ4v) is 12.0. The Morgan fingerprint density at radius 3 is 2.22 bits per heavy atom. The van der Waals surface area contributed by atoms with Gasteiger partial charge in [-0.3, -0.25) is 28.5 Å². The largest absolute Gasteiger partial charge is 0.664 e. The van der Waals surface area contributed by atoms with Gasteiger partial charge < -0.3 is 62.3 Å². The average Bonchev–Trinajstić information content (AvgIpc) is 1.54. The summed E-state index contributed by atoms with van der Waals surface area (Å²) in [4.78, 5) is 86.2. The molecule has 6 N–H and O–H groups in total. The normalized spacial score (nSPS) is 18.5. The lowest BCUT2D eigenvalue weighted by Gasteiger charge is -2.41. The predicted molar refractivity (Wildman–Crippen MR) is 327 cm³/mol. The molecule has 86 heavy (non-hydrogen) atoms. The number of imide groups is 1. The third-order valence-corrected chi connectivity index (χ3v) is 16.9. The molecule has 2 aromatic heterocycles. The van der Waals surface area contributed by atoms with E-state index in [1.807, 2.05) is 62.5 Å². The molecular formula is C61H95BF2N10O11S+2. The number of benzene rings is 1. The summed E-state index contributed by atoms with van der Waals surface area (Å²) in [5.74, 6) is -3.00. The molecule has 1 aromatic carbocycles. The van der Waals surface area contributed by atoms with Crippen molar-refractivity contribution in [1.29, 1.82) is 0 Å². The van der Waals surface area contributed by atoms with Crippen molar-refractivity contribution in [2.75, 3.05) is 94.4 Å². The average molecular weight is 1230 g/mol. The quantitative estimate of drug-likeness (QED) is 0.0143. The van der Waals surface area contributed by atoms with E-state index in [1.54, 1.807) is 19.1 Å². The summed E-state index contributed by atoms with van der Waals surface area (Å²) >= 11 is 0. The molecule has 5 amide bonds. The number of carbonyl (C=O) groups excluding carboxylic acids is 6. The number of likely N-dealkylation sites (N-methyl/N-ethyl adjacent to an activating group) is 1. The number of hydrogen-bond acceptors (Lipinski definition) is 11. The van der Waals surface area contributed by atoms with E-state index in [0.29, 0.717) is 105 Å². The van der Waals surface area contributed by atoms with E-state index >= 15 is 8.63 Å². The van der Waals surface area contributed by atoms with E-state index in [4.69, 9.17) is 9.57 Å². The summed E-state index contributed by atoms with van der Waals surface area (Å²) < 4.78 is 77.0. The summed E-state index contributed by atoms with van der Waals surface area (Å²) in [7, 11) is 10.3. The molecule has 6 rings (SSSR count). The third-order valence-electron chi connectivity index (χ3n) is 16.1. The van der Waals surface area contributed by atoms with Crippen LogP contribution in [0.3, 0.4) is 0 Å². The number of nitrogens with one attached hydrogen (secondary N) is 5. The lowest BCUT2D eigenvalue weighted by atomic mass is 9.86. The van der Waals surface area contributed by atoms with Crippen LogP contribution in [0.15, 0.2) is 54.2 Å². The summed E-state index contributed by atoms with van der Waals surface area (Å²) in [6.45, 7) is 2.90. The Kier molecular flexibility index (Phi) is 24.9. The molecule has 0 saturated carbocycles. The Morgan fingerprint density at radius 1 is 0.872 bits per heavy atom. The highest BCUT2D eigenvalue weighted by atomic mass is 32.2. The SMILES string of the molecule is CCC(NC(=O)CCCOc1ccc(/C=C/C2CC(CCCS(=O)(=O)O)C3=Cc4c(CCC[N+](C)(C)C)cc(-c5ccc(C)[nH]5)n4[B-](F)(F)[NH+]32)cc1)C(=O)NC(CCCC[N+](C)(C)C)C(=O)NCCN(C)CCCCCC(=O)ON1C(=O)CCC1=O. The van der Waals surface area contributed by atoms with E-state index in [1.165, 1.54) is 4.48 Å². The lowest BCUT2D eigenvalue weighted by Crippen LogP contribution is -3.23. The highest BCUT2D eigenvalue weighted by Crippen LogP contribution is 2.38. The van der Waals surface area contributed by atoms with Crippen molar-refractivity contribution in [1.82, 2.24) is 35.4 Å². The van der Waals surface area contributed by atoms with Crippen molar-refractivity contribution in [3.8, 4) is 17.1 Å². The minimum atomic E-state index is -4.31. The summed E-state index contributed by atoms with van der Waals surface area (Å²) in [6, 6.07) is 10.5. The number of aromatic amines is 1. The van der Waals surface area contributed by atoms with Crippen molar-refractivity contribution in [3.63, 3.8) is 0 Å². The topological polar surface area (TPSA) is 243 Å². The zero-order valence-corrected chi connectivity index (χ0v) is 52.9. The molecule has 476 valence electrons. The molecule has 2 saturated heterocycles. The van der Waals surface area contributed by atoms with Gasteiger partial charge >= 0.3 is 12.9 Å². The minimum absolute atomic E-state index is 0.0418. The number of allylic oxidation sites excluding steroid dienone is 1. The molecular weight excluding hydrogens is 1130 g/mol. The number of carbonyl (C=O) groups is 6. The fraction of sp³-hybridized carbons (Fsp3) is 0.607. The number of H-pyrrole nitrogens is 1. The molecule has 3 aliphatic heterocycles. The second-order valence-electron chi connectivity index (χ2n) is 25.6. The first-order valence-electron chi connectivity index (χ1n) is 30.6. The second kappa shape index (κ2) is 31.1. The standard InChI is InChI=1S/C61H93BF2N10O11S/c1-10-50(61(80)68-52(21-13-15-37-73(4,5)6)60(79)65-34-36-69(3)35-14-11-12-23-59(78)85-72-57(76)32-33-58(72)77)67-56(75)22-17-39-84-49-29-26-45(27-30-49)25-28-48-41-46(20-18-40-86(81,82)83)53-43-54-47(19-16-38-74(7,8)9)42-55(51-31-24-44(2)66-51)71(54)62(63,64)70(48)53/h24-31,42-43,46,48,50,52,66,70H,10-23,32-41H2,1-9H3,(H2-2,65,67,68,75,79,80,81,82,83)/p+2/b28-25+. The van der Waals surface area contributed by atoms with Gasteiger partial charge in [0.1, 0.15) is 17.8 Å². The first kappa shape index (κ1) is 68.9. The van der Waals surface area contributed by atoms with Gasteiger partial charge in [0, 0.05) is 80.7 Å². The molecule has 5 atom stereocenters. The Hall–Kier alpha value is -6.25. The smallest absolute Gasteiger partial charge is 0.494 e. The molecule has 5 unspecified atom stereocenters. The van der Waals surface area contributed by atoms with E-state index < -0.39 is 64.7 Å². The molecule has 21 nitrogen and oxygen atoms in total. The molecule has 3 aromatic rings. The van der Waals surface area contributed by atoms with E-state index in [2.05, 4.69) is 68.1 Å². The van der Waals surface area contributed by atoms with Crippen LogP contribution in [0.5, 0.6) is 5.75 Å². The number of nitrogens with zero attached hydrogens (tertiary/aromatic N) is 5. The number of rotatable bonds is 36.